The van der Waals surface area contributed by atoms with Crippen molar-refractivity contribution in [3.05, 3.63) is 57.4 Å². The molecule has 0 saturated heterocycles. The third-order valence-electron chi connectivity index (χ3n) is 3.95. The van der Waals surface area contributed by atoms with Gasteiger partial charge in [0, 0.05) is 5.38 Å². The zero-order chi connectivity index (χ0) is 18.1. The van der Waals surface area contributed by atoms with Crippen LogP contribution in [0.15, 0.2) is 46.1 Å². The van der Waals surface area contributed by atoms with Crippen molar-refractivity contribution in [1.29, 1.82) is 0 Å². The molecule has 0 atom stereocenters. The summed E-state index contributed by atoms with van der Waals surface area (Å²) in [7, 11) is 3.21. The monoisotopic (exact) mass is 385 g/mol. The van der Waals surface area contributed by atoms with Gasteiger partial charge in [-0.3, -0.25) is 9.36 Å². The maximum atomic E-state index is 12.5. The fourth-order valence-electron chi connectivity index (χ4n) is 2.72. The van der Waals surface area contributed by atoms with E-state index in [1.165, 1.54) is 22.7 Å². The minimum absolute atomic E-state index is 0.0430. The highest BCUT2D eigenvalue weighted by Crippen LogP contribution is 2.38. The number of fused-ring (bicyclic) bond motifs is 1. The van der Waals surface area contributed by atoms with E-state index in [2.05, 4.69) is 9.97 Å². The van der Waals surface area contributed by atoms with Crippen molar-refractivity contribution in [2.75, 3.05) is 14.2 Å². The normalized spacial score (nSPS) is 11.0. The van der Waals surface area contributed by atoms with Gasteiger partial charge in [0.2, 0.25) is 0 Å². The van der Waals surface area contributed by atoms with Gasteiger partial charge in [-0.25, -0.2) is 9.97 Å². The average Bonchev–Trinajstić information content (AvgIpc) is 3.33. The Labute approximate surface area is 157 Å². The molecule has 0 radical (unpaired) electrons. The van der Waals surface area contributed by atoms with Gasteiger partial charge in [-0.1, -0.05) is 6.07 Å². The molecular formula is C18H15N3O3S2. The van der Waals surface area contributed by atoms with Crippen LogP contribution >= 0.6 is 22.7 Å². The third kappa shape index (κ3) is 2.87. The Morgan fingerprint density at radius 1 is 1.15 bits per heavy atom. The molecule has 4 aromatic rings. The molecule has 0 spiro atoms. The second kappa shape index (κ2) is 6.89. The van der Waals surface area contributed by atoms with Gasteiger partial charge in [-0.2, -0.15) is 0 Å². The van der Waals surface area contributed by atoms with Crippen molar-refractivity contribution in [1.82, 2.24) is 14.5 Å². The first-order chi connectivity index (χ1) is 12.7. The van der Waals surface area contributed by atoms with Gasteiger partial charge in [0.1, 0.15) is 9.71 Å². The third-order valence-corrected chi connectivity index (χ3v) is 5.77. The van der Waals surface area contributed by atoms with Crippen LogP contribution in [0, 0.1) is 0 Å². The highest BCUT2D eigenvalue weighted by Gasteiger charge is 2.15. The summed E-state index contributed by atoms with van der Waals surface area (Å²) >= 11 is 2.91. The molecule has 0 aliphatic rings. The number of nitrogens with zero attached hydrogens (tertiary/aromatic N) is 3. The smallest absolute Gasteiger partial charge is 0.271 e. The largest absolute Gasteiger partial charge is 0.493 e. The molecule has 0 bridgehead atoms. The van der Waals surface area contributed by atoms with E-state index in [0.717, 1.165) is 21.8 Å². The van der Waals surface area contributed by atoms with E-state index in [-0.39, 0.29) is 5.56 Å². The van der Waals surface area contributed by atoms with Gasteiger partial charge in [-0.15, -0.1) is 22.7 Å². The van der Waals surface area contributed by atoms with Gasteiger partial charge >= 0.3 is 0 Å². The second-order valence-corrected chi connectivity index (χ2v) is 7.27. The molecule has 0 unspecified atom stereocenters. The topological polar surface area (TPSA) is 66.2 Å². The number of thiophene rings is 1. The lowest BCUT2D eigenvalue weighted by molar-refractivity contribution is 0.356. The van der Waals surface area contributed by atoms with Crippen molar-refractivity contribution in [2.24, 2.45) is 0 Å². The quantitative estimate of drug-likeness (QED) is 0.525. The molecule has 6 nitrogen and oxygen atoms in total. The summed E-state index contributed by atoms with van der Waals surface area (Å²) in [6, 6.07) is 7.53. The summed E-state index contributed by atoms with van der Waals surface area (Å²) in [5.74, 6) is 1.31. The van der Waals surface area contributed by atoms with Gasteiger partial charge < -0.3 is 9.47 Å². The number of rotatable bonds is 5. The van der Waals surface area contributed by atoms with E-state index in [1.807, 2.05) is 35.0 Å². The minimum Gasteiger partial charge on any atom is -0.493 e. The van der Waals surface area contributed by atoms with Gasteiger partial charge in [0.25, 0.3) is 5.56 Å². The van der Waals surface area contributed by atoms with Crippen LogP contribution in [0.25, 0.3) is 20.8 Å². The van der Waals surface area contributed by atoms with Crippen LogP contribution in [0.3, 0.4) is 0 Å². The number of methoxy groups -OCH3 is 2. The van der Waals surface area contributed by atoms with Crippen molar-refractivity contribution in [3.63, 3.8) is 0 Å². The molecule has 0 aliphatic heterocycles. The molecule has 3 heterocycles. The van der Waals surface area contributed by atoms with Crippen LogP contribution in [0.5, 0.6) is 11.5 Å². The van der Waals surface area contributed by atoms with Gasteiger partial charge in [0.15, 0.2) is 11.5 Å². The lowest BCUT2D eigenvalue weighted by Crippen LogP contribution is -2.20. The summed E-state index contributed by atoms with van der Waals surface area (Å²) in [6.07, 6.45) is 1.57. The first-order valence-electron chi connectivity index (χ1n) is 7.79. The van der Waals surface area contributed by atoms with Crippen LogP contribution in [-0.4, -0.2) is 28.8 Å². The second-order valence-electron chi connectivity index (χ2n) is 5.50. The van der Waals surface area contributed by atoms with Crippen LogP contribution in [0.2, 0.25) is 0 Å². The van der Waals surface area contributed by atoms with E-state index >= 15 is 0 Å². The number of thiazole rings is 1. The minimum atomic E-state index is -0.0430. The van der Waals surface area contributed by atoms with E-state index in [1.54, 1.807) is 25.1 Å². The number of hydrogen-bond acceptors (Lipinski definition) is 7. The van der Waals surface area contributed by atoms with E-state index in [9.17, 15) is 4.79 Å². The molecule has 132 valence electrons. The Bertz CT molecular complexity index is 1130. The molecule has 8 heteroatoms. The predicted molar refractivity (Wildman–Crippen MR) is 104 cm³/mol. The molecule has 0 N–H and O–H groups in total. The molecule has 26 heavy (non-hydrogen) atoms. The number of ether oxygens (including phenoxy) is 2. The number of para-hydroxylation sites is 1. The molecule has 0 amide bonds. The molecular weight excluding hydrogens is 370 g/mol. The maximum Gasteiger partial charge on any atom is 0.271 e. The van der Waals surface area contributed by atoms with Crippen LogP contribution in [0.4, 0.5) is 0 Å². The number of hydrogen-bond donors (Lipinski definition) is 0. The Hall–Kier alpha value is -2.71. The molecule has 3 aromatic heterocycles. The van der Waals surface area contributed by atoms with Gasteiger partial charge in [-0.05, 0) is 23.6 Å². The van der Waals surface area contributed by atoms with Crippen molar-refractivity contribution >= 4 is 32.9 Å². The summed E-state index contributed by atoms with van der Waals surface area (Å²) in [5, 5.41) is 4.63. The Kier molecular flexibility index (Phi) is 4.44. The lowest BCUT2D eigenvalue weighted by atomic mass is 10.2. The Morgan fingerprint density at radius 2 is 2.04 bits per heavy atom. The van der Waals surface area contributed by atoms with Gasteiger partial charge in [0.05, 0.1) is 43.9 Å². The van der Waals surface area contributed by atoms with E-state index in [4.69, 9.17) is 9.47 Å². The van der Waals surface area contributed by atoms with Crippen LogP contribution in [-0.2, 0) is 6.54 Å². The first-order valence-corrected chi connectivity index (χ1v) is 9.55. The zero-order valence-electron chi connectivity index (χ0n) is 14.1. The molecule has 4 rings (SSSR count). The van der Waals surface area contributed by atoms with Crippen LogP contribution < -0.4 is 15.0 Å². The summed E-state index contributed by atoms with van der Waals surface area (Å²) < 4.78 is 13.1. The molecule has 0 aliphatic carbocycles. The van der Waals surface area contributed by atoms with Crippen molar-refractivity contribution in [2.45, 2.75) is 6.54 Å². The summed E-state index contributed by atoms with van der Waals surface area (Å²) in [5.41, 5.74) is 2.35. The van der Waals surface area contributed by atoms with Crippen molar-refractivity contribution in [3.8, 4) is 22.1 Å². The van der Waals surface area contributed by atoms with E-state index in [0.29, 0.717) is 22.7 Å². The fraction of sp³-hybridized carbons (Fsp3) is 0.167. The Balaban J connectivity index is 1.68. The molecule has 1 aromatic carbocycles. The maximum absolute atomic E-state index is 12.5. The predicted octanol–water partition coefficient (Wildman–Crippen LogP) is 3.65. The lowest BCUT2D eigenvalue weighted by Gasteiger charge is -2.10. The fourth-order valence-corrected chi connectivity index (χ4v) is 4.35. The first kappa shape index (κ1) is 16.7. The molecule has 0 saturated carbocycles. The SMILES string of the molecule is COc1cccc(-c2nc(Cn3cnc4ccsc4c3=O)cs2)c1OC. The number of benzene rings is 1. The Morgan fingerprint density at radius 3 is 2.85 bits per heavy atom. The average molecular weight is 385 g/mol. The molecule has 0 fully saturated rings. The highest BCUT2D eigenvalue weighted by atomic mass is 32.1. The standard InChI is InChI=1S/C18H15N3O3S2/c1-23-14-5-3-4-12(15(14)24-2)17-20-11(9-26-17)8-21-10-19-13-6-7-25-16(13)18(21)22/h3-7,9-10H,8H2,1-2H3. The summed E-state index contributed by atoms with van der Waals surface area (Å²) in [4.78, 5) is 21.5. The van der Waals surface area contributed by atoms with E-state index < -0.39 is 0 Å². The highest BCUT2D eigenvalue weighted by molar-refractivity contribution is 7.17. The van der Waals surface area contributed by atoms with Crippen LogP contribution in [0.1, 0.15) is 5.69 Å². The number of aromatic nitrogens is 3. The summed E-state index contributed by atoms with van der Waals surface area (Å²) in [6.45, 7) is 0.377. The van der Waals surface area contributed by atoms with Crippen molar-refractivity contribution < 1.29 is 9.47 Å². The zero-order valence-corrected chi connectivity index (χ0v) is 15.8.